The number of carboxylic acid groups (broad SMARTS) is 1. The molecule has 1 fully saturated rings. The maximum Gasteiger partial charge on any atom is 1.00 e. The zero-order chi connectivity index (χ0) is 17.5. The average molecular weight is 372 g/mol. The minimum absolute atomic E-state index is 0. The Hall–Kier alpha value is -1.52. The van der Waals surface area contributed by atoms with Crippen molar-refractivity contribution in [3.8, 4) is 0 Å². The largest absolute Gasteiger partial charge is 1.00 e. The maximum absolute atomic E-state index is 12.5. The van der Waals surface area contributed by atoms with E-state index in [2.05, 4.69) is 4.98 Å². The van der Waals surface area contributed by atoms with Crippen molar-refractivity contribution in [1.29, 1.82) is 0 Å². The zero-order valence-electron chi connectivity index (χ0n) is 13.6. The monoisotopic (exact) mass is 372 g/mol. The topological polar surface area (TPSA) is 117 Å². The molecule has 1 atom stereocenters. The summed E-state index contributed by atoms with van der Waals surface area (Å²) in [4.78, 5) is 28.5. The van der Waals surface area contributed by atoms with Gasteiger partial charge in [-0.2, -0.15) is 0 Å². The van der Waals surface area contributed by atoms with Gasteiger partial charge in [0.1, 0.15) is 0 Å². The molecule has 0 bridgehead atoms. The Kier molecular flexibility index (Phi) is 5.85. The van der Waals surface area contributed by atoms with Crippen molar-refractivity contribution in [3.63, 3.8) is 0 Å². The van der Waals surface area contributed by atoms with E-state index in [4.69, 9.17) is 4.74 Å². The Morgan fingerprint density at radius 2 is 2.20 bits per heavy atom. The number of β-lactam (4-membered cyclic amide) rings is 1. The number of sulfone groups is 1. The molecular formula is C15H13N2NaO6S. The van der Waals surface area contributed by atoms with Gasteiger partial charge in [-0.1, -0.05) is 6.07 Å². The van der Waals surface area contributed by atoms with E-state index >= 15 is 0 Å². The minimum atomic E-state index is -3.78. The first-order valence-corrected chi connectivity index (χ1v) is 8.68. The first kappa shape index (κ1) is 19.8. The van der Waals surface area contributed by atoms with Gasteiger partial charge in [-0.25, -0.2) is 8.42 Å². The van der Waals surface area contributed by atoms with Gasteiger partial charge >= 0.3 is 29.6 Å². The molecule has 1 aromatic rings. The van der Waals surface area contributed by atoms with Crippen molar-refractivity contribution in [2.24, 2.45) is 0 Å². The number of ether oxygens (including phenoxy) is 1. The third kappa shape index (κ3) is 3.42. The summed E-state index contributed by atoms with van der Waals surface area (Å²) in [6, 6.07) is 4.99. The van der Waals surface area contributed by atoms with Gasteiger partial charge in [-0.05, 0) is 23.8 Å². The van der Waals surface area contributed by atoms with Crippen molar-refractivity contribution in [3.05, 3.63) is 46.9 Å². The van der Waals surface area contributed by atoms with Crippen LogP contribution in [0.2, 0.25) is 0 Å². The number of rotatable bonds is 4. The van der Waals surface area contributed by atoms with E-state index in [0.29, 0.717) is 5.69 Å². The van der Waals surface area contributed by atoms with Gasteiger partial charge in [-0.3, -0.25) is 14.7 Å². The normalized spacial score (nSPS) is 22.9. The van der Waals surface area contributed by atoms with Crippen molar-refractivity contribution in [2.45, 2.75) is 5.37 Å². The fraction of sp³-hybridized carbons (Fsp3) is 0.267. The number of nitrogens with zero attached hydrogens (tertiary/aromatic N) is 2. The summed E-state index contributed by atoms with van der Waals surface area (Å²) in [5.41, 5.74) is -0.0277. The molecule has 2 aliphatic heterocycles. The minimum Gasteiger partial charge on any atom is -0.543 e. The van der Waals surface area contributed by atoms with Gasteiger partial charge in [0.25, 0.3) is 5.91 Å². The van der Waals surface area contributed by atoms with Crippen molar-refractivity contribution in [2.75, 3.05) is 19.5 Å². The van der Waals surface area contributed by atoms with E-state index in [1.54, 1.807) is 18.2 Å². The van der Waals surface area contributed by atoms with Gasteiger partial charge in [0.2, 0.25) is 0 Å². The smallest absolute Gasteiger partial charge is 0.543 e. The number of aromatic nitrogens is 1. The molecule has 3 heterocycles. The second-order valence-corrected chi connectivity index (χ2v) is 7.42. The van der Waals surface area contributed by atoms with E-state index in [-0.39, 0.29) is 47.3 Å². The van der Waals surface area contributed by atoms with E-state index < -0.39 is 38.5 Å². The summed E-state index contributed by atoms with van der Waals surface area (Å²) in [5.74, 6) is -2.80. The summed E-state index contributed by atoms with van der Waals surface area (Å²) < 4.78 is 29.8. The predicted octanol–water partition coefficient (Wildman–Crippen LogP) is -4.28. The van der Waals surface area contributed by atoms with Crippen molar-refractivity contribution >= 4 is 27.8 Å². The van der Waals surface area contributed by atoms with E-state index in [1.807, 2.05) is 0 Å². The second-order valence-electron chi connectivity index (χ2n) is 5.36. The molecule has 0 aliphatic carbocycles. The number of hydrogen-bond acceptors (Lipinski definition) is 7. The van der Waals surface area contributed by atoms with Crippen LogP contribution in [0.4, 0.5) is 0 Å². The van der Waals surface area contributed by atoms with Crippen LogP contribution in [-0.2, 0) is 24.2 Å². The van der Waals surface area contributed by atoms with Crippen LogP contribution in [0.15, 0.2) is 41.2 Å². The molecule has 25 heavy (non-hydrogen) atoms. The van der Waals surface area contributed by atoms with E-state index in [9.17, 15) is 23.1 Å². The van der Waals surface area contributed by atoms with Crippen LogP contribution in [0.25, 0.3) is 6.08 Å². The molecular weight excluding hydrogens is 359 g/mol. The Bertz CT molecular complexity index is 879. The van der Waals surface area contributed by atoms with Crippen molar-refractivity contribution in [1.82, 2.24) is 9.88 Å². The van der Waals surface area contributed by atoms with Crippen LogP contribution in [0.5, 0.6) is 0 Å². The van der Waals surface area contributed by atoms with Crippen LogP contribution in [0.1, 0.15) is 5.69 Å². The van der Waals surface area contributed by atoms with E-state index in [0.717, 1.165) is 4.90 Å². The fourth-order valence-corrected chi connectivity index (χ4v) is 4.78. The van der Waals surface area contributed by atoms with Crippen LogP contribution in [-0.4, -0.2) is 55.0 Å². The molecule has 1 saturated heterocycles. The molecule has 0 aromatic carbocycles. The van der Waals surface area contributed by atoms with Gasteiger partial charge in [0.05, 0.1) is 35.3 Å². The third-order valence-corrected chi connectivity index (χ3v) is 5.66. The Labute approximate surface area is 166 Å². The number of methoxy groups -OCH3 is 1. The van der Waals surface area contributed by atoms with Crippen molar-refractivity contribution < 1.29 is 57.4 Å². The molecule has 3 rings (SSSR count). The number of amides is 1. The summed E-state index contributed by atoms with van der Waals surface area (Å²) in [7, 11) is -2.48. The standard InChI is InChI=1S/C15H14N2O6S.Na/c1-23-7-9-8-24(21,22)14-11(6-10-4-2-3-5-16-10)13(18)17(14)12(9)15(19)20;/h2-6,14H,7-8H2,1H3,(H,19,20);/q;+1/p-1/b11-6-;. The number of aliphatic carboxylic acids is 1. The number of hydrogen-bond donors (Lipinski definition) is 0. The number of carbonyl (C=O) groups excluding carboxylic acids is 2. The first-order valence-electron chi connectivity index (χ1n) is 6.97. The Morgan fingerprint density at radius 1 is 1.48 bits per heavy atom. The van der Waals surface area contributed by atoms with Gasteiger partial charge in [-0.15, -0.1) is 0 Å². The fourth-order valence-electron chi connectivity index (χ4n) is 2.84. The van der Waals surface area contributed by atoms with Crippen LogP contribution in [0, 0.1) is 0 Å². The molecule has 2 aliphatic rings. The second kappa shape index (κ2) is 7.38. The maximum atomic E-state index is 12.5. The Morgan fingerprint density at radius 3 is 2.76 bits per heavy atom. The van der Waals surface area contributed by atoms with Crippen LogP contribution >= 0.6 is 0 Å². The van der Waals surface area contributed by atoms with Crippen LogP contribution < -0.4 is 34.7 Å². The Balaban J connectivity index is 0.00000225. The van der Waals surface area contributed by atoms with Crippen LogP contribution in [0.3, 0.4) is 0 Å². The number of pyridine rings is 1. The number of carboxylic acids is 1. The van der Waals surface area contributed by atoms with Gasteiger partial charge in [0, 0.05) is 13.3 Å². The SMILES string of the molecule is COCC1=C(C(=O)[O-])N2C(=O)/C(=C/c3ccccn3)C2S(=O)(=O)C1.[Na+]. The number of fused-ring (bicyclic) bond motifs is 1. The molecule has 1 unspecified atom stereocenters. The average Bonchev–Trinajstić information content (AvgIpc) is 2.52. The molecule has 0 spiro atoms. The molecule has 1 aromatic heterocycles. The molecule has 0 saturated carbocycles. The molecule has 8 nitrogen and oxygen atoms in total. The molecule has 1 amide bonds. The third-order valence-electron chi connectivity index (χ3n) is 3.76. The van der Waals surface area contributed by atoms with E-state index in [1.165, 1.54) is 19.4 Å². The zero-order valence-corrected chi connectivity index (χ0v) is 16.4. The number of carbonyl (C=O) groups is 2. The predicted molar refractivity (Wildman–Crippen MR) is 80.5 cm³/mol. The van der Waals surface area contributed by atoms with Gasteiger partial charge < -0.3 is 14.6 Å². The molecule has 0 N–H and O–H groups in total. The summed E-state index contributed by atoms with van der Waals surface area (Å²) in [6.45, 7) is -0.210. The quantitative estimate of drug-likeness (QED) is 0.298. The first-order chi connectivity index (χ1) is 11.4. The summed E-state index contributed by atoms with van der Waals surface area (Å²) in [5, 5.41) is 10.1. The molecule has 10 heteroatoms. The molecule has 0 radical (unpaired) electrons. The summed E-state index contributed by atoms with van der Waals surface area (Å²) >= 11 is 0. The van der Waals surface area contributed by atoms with Gasteiger partial charge in [0.15, 0.2) is 15.2 Å². The summed E-state index contributed by atoms with van der Waals surface area (Å²) in [6.07, 6.45) is 2.86. The molecule has 126 valence electrons.